The molecule has 2 aromatic rings. The van der Waals surface area contributed by atoms with Crippen molar-refractivity contribution in [3.8, 4) is 0 Å². The van der Waals surface area contributed by atoms with Gasteiger partial charge < -0.3 is 13.9 Å². The molecular formula is C10H9ClO3. The van der Waals surface area contributed by atoms with E-state index < -0.39 is 6.10 Å². The van der Waals surface area contributed by atoms with Gasteiger partial charge in [0.1, 0.15) is 17.6 Å². The molecule has 0 saturated carbocycles. The largest absolute Gasteiger partial charge is 0.469 e. The van der Waals surface area contributed by atoms with Crippen molar-refractivity contribution in [2.75, 3.05) is 0 Å². The molecule has 0 amide bonds. The fourth-order valence-corrected chi connectivity index (χ4v) is 1.38. The minimum absolute atomic E-state index is 0.276. The Balaban J connectivity index is 2.06. The van der Waals surface area contributed by atoms with Crippen LogP contribution < -0.4 is 0 Å². The van der Waals surface area contributed by atoms with Gasteiger partial charge in [-0.2, -0.15) is 0 Å². The Bertz CT molecular complexity index is 391. The molecule has 0 aliphatic carbocycles. The predicted octanol–water partition coefficient (Wildman–Crippen LogP) is 2.80. The van der Waals surface area contributed by atoms with Crippen LogP contribution in [0, 0.1) is 0 Å². The summed E-state index contributed by atoms with van der Waals surface area (Å²) in [5.41, 5.74) is 0. The van der Waals surface area contributed by atoms with Crippen molar-refractivity contribution in [1.29, 1.82) is 0 Å². The van der Waals surface area contributed by atoms with Gasteiger partial charge in [0.15, 0.2) is 5.22 Å². The third kappa shape index (κ3) is 2.00. The fraction of sp³-hybridized carbons (Fsp3) is 0.200. The van der Waals surface area contributed by atoms with Crippen molar-refractivity contribution in [1.82, 2.24) is 0 Å². The standard InChI is InChI=1S/C10H9ClO3/c11-10-4-3-9(14-10)8(12)6-7-2-1-5-13-7/h1-5,8,12H,6H2. The summed E-state index contributed by atoms with van der Waals surface area (Å²) < 4.78 is 10.2. The zero-order chi connectivity index (χ0) is 9.97. The van der Waals surface area contributed by atoms with Gasteiger partial charge in [-0.15, -0.1) is 0 Å². The molecule has 1 atom stereocenters. The van der Waals surface area contributed by atoms with E-state index in [0.717, 1.165) is 0 Å². The smallest absolute Gasteiger partial charge is 0.193 e. The van der Waals surface area contributed by atoms with Gasteiger partial charge in [-0.1, -0.05) is 0 Å². The summed E-state index contributed by atoms with van der Waals surface area (Å²) in [6.07, 6.45) is 1.24. The Morgan fingerprint density at radius 2 is 2.21 bits per heavy atom. The molecule has 1 unspecified atom stereocenters. The van der Waals surface area contributed by atoms with E-state index in [4.69, 9.17) is 20.4 Å². The SMILES string of the molecule is OC(Cc1ccco1)c1ccc(Cl)o1. The average molecular weight is 213 g/mol. The zero-order valence-electron chi connectivity index (χ0n) is 7.31. The van der Waals surface area contributed by atoms with E-state index in [1.165, 1.54) is 0 Å². The van der Waals surface area contributed by atoms with Crippen molar-refractivity contribution in [3.05, 3.63) is 47.3 Å². The minimum atomic E-state index is -0.714. The van der Waals surface area contributed by atoms with Gasteiger partial charge in [-0.25, -0.2) is 0 Å². The lowest BCUT2D eigenvalue weighted by atomic mass is 10.2. The Kier molecular flexibility index (Phi) is 2.61. The molecule has 3 nitrogen and oxygen atoms in total. The lowest BCUT2D eigenvalue weighted by Gasteiger charge is -2.04. The topological polar surface area (TPSA) is 46.5 Å². The number of hydrogen-bond acceptors (Lipinski definition) is 3. The van der Waals surface area contributed by atoms with E-state index in [-0.39, 0.29) is 5.22 Å². The molecule has 2 heterocycles. The van der Waals surface area contributed by atoms with E-state index in [9.17, 15) is 5.11 Å². The maximum Gasteiger partial charge on any atom is 0.193 e. The molecular weight excluding hydrogens is 204 g/mol. The Morgan fingerprint density at radius 1 is 1.36 bits per heavy atom. The van der Waals surface area contributed by atoms with Gasteiger partial charge in [-0.05, 0) is 35.9 Å². The third-order valence-electron chi connectivity index (χ3n) is 1.90. The maximum atomic E-state index is 9.69. The second-order valence-corrected chi connectivity index (χ2v) is 3.31. The van der Waals surface area contributed by atoms with Crippen LogP contribution in [0.2, 0.25) is 5.22 Å². The number of aliphatic hydroxyl groups excluding tert-OH is 1. The van der Waals surface area contributed by atoms with E-state index in [2.05, 4.69) is 0 Å². The summed E-state index contributed by atoms with van der Waals surface area (Å²) in [7, 11) is 0. The summed E-state index contributed by atoms with van der Waals surface area (Å²) in [5, 5.41) is 9.97. The van der Waals surface area contributed by atoms with Crippen molar-refractivity contribution < 1.29 is 13.9 Å². The van der Waals surface area contributed by atoms with E-state index in [0.29, 0.717) is 17.9 Å². The minimum Gasteiger partial charge on any atom is -0.469 e. The second-order valence-electron chi connectivity index (χ2n) is 2.94. The molecule has 2 rings (SSSR count). The first-order valence-corrected chi connectivity index (χ1v) is 4.59. The van der Waals surface area contributed by atoms with Crippen molar-refractivity contribution in [3.63, 3.8) is 0 Å². The number of rotatable bonds is 3. The van der Waals surface area contributed by atoms with Gasteiger partial charge in [-0.3, -0.25) is 0 Å². The van der Waals surface area contributed by atoms with Crippen LogP contribution in [0.3, 0.4) is 0 Å². The van der Waals surface area contributed by atoms with Gasteiger partial charge in [0.25, 0.3) is 0 Å². The molecule has 1 N–H and O–H groups in total. The molecule has 0 aliphatic heterocycles. The normalized spacial score (nSPS) is 13.0. The van der Waals surface area contributed by atoms with Gasteiger partial charge in [0.2, 0.25) is 0 Å². The molecule has 2 aromatic heterocycles. The summed E-state index contributed by atoms with van der Waals surface area (Å²) in [6, 6.07) is 6.82. The lowest BCUT2D eigenvalue weighted by Crippen LogP contribution is -1.98. The van der Waals surface area contributed by atoms with Crippen LogP contribution in [0.4, 0.5) is 0 Å². The molecule has 0 radical (unpaired) electrons. The van der Waals surface area contributed by atoms with Crippen LogP contribution in [0.5, 0.6) is 0 Å². The van der Waals surface area contributed by atoms with Crippen LogP contribution in [0.25, 0.3) is 0 Å². The van der Waals surface area contributed by atoms with Gasteiger partial charge in [0.05, 0.1) is 6.26 Å². The fourth-order valence-electron chi connectivity index (χ4n) is 1.23. The highest BCUT2D eigenvalue weighted by Gasteiger charge is 2.13. The molecule has 0 fully saturated rings. The molecule has 74 valence electrons. The molecule has 0 aromatic carbocycles. The number of furan rings is 2. The molecule has 0 saturated heterocycles. The molecule has 0 spiro atoms. The Labute approximate surface area is 85.9 Å². The average Bonchev–Trinajstić information content (AvgIpc) is 2.75. The number of aliphatic hydroxyl groups is 1. The van der Waals surface area contributed by atoms with Crippen molar-refractivity contribution in [2.24, 2.45) is 0 Å². The Morgan fingerprint density at radius 3 is 2.79 bits per heavy atom. The monoisotopic (exact) mass is 212 g/mol. The summed E-state index contributed by atoms with van der Waals surface area (Å²) >= 11 is 5.59. The number of halogens is 1. The Hall–Kier alpha value is -1.19. The van der Waals surface area contributed by atoms with Crippen LogP contribution in [0.15, 0.2) is 39.4 Å². The summed E-state index contributed by atoms with van der Waals surface area (Å²) in [5.74, 6) is 1.16. The first kappa shape index (κ1) is 9.37. The van der Waals surface area contributed by atoms with E-state index in [1.54, 1.807) is 30.5 Å². The van der Waals surface area contributed by atoms with Crippen LogP contribution in [-0.4, -0.2) is 5.11 Å². The molecule has 14 heavy (non-hydrogen) atoms. The van der Waals surface area contributed by atoms with E-state index in [1.807, 2.05) is 0 Å². The van der Waals surface area contributed by atoms with Crippen molar-refractivity contribution >= 4 is 11.6 Å². The number of hydrogen-bond donors (Lipinski definition) is 1. The highest BCUT2D eigenvalue weighted by Crippen LogP contribution is 2.22. The first-order valence-electron chi connectivity index (χ1n) is 4.21. The lowest BCUT2D eigenvalue weighted by molar-refractivity contribution is 0.143. The molecule has 0 aliphatic rings. The second kappa shape index (κ2) is 3.90. The zero-order valence-corrected chi connectivity index (χ0v) is 8.07. The van der Waals surface area contributed by atoms with Gasteiger partial charge >= 0.3 is 0 Å². The van der Waals surface area contributed by atoms with Crippen LogP contribution in [0.1, 0.15) is 17.6 Å². The van der Waals surface area contributed by atoms with Crippen molar-refractivity contribution in [2.45, 2.75) is 12.5 Å². The van der Waals surface area contributed by atoms with Crippen LogP contribution >= 0.6 is 11.6 Å². The summed E-state index contributed by atoms with van der Waals surface area (Å²) in [4.78, 5) is 0. The van der Waals surface area contributed by atoms with Gasteiger partial charge in [0, 0.05) is 6.42 Å². The highest BCUT2D eigenvalue weighted by atomic mass is 35.5. The highest BCUT2D eigenvalue weighted by molar-refractivity contribution is 6.28. The maximum absolute atomic E-state index is 9.69. The van der Waals surface area contributed by atoms with E-state index >= 15 is 0 Å². The first-order chi connectivity index (χ1) is 6.75. The summed E-state index contributed by atoms with van der Waals surface area (Å²) in [6.45, 7) is 0. The quantitative estimate of drug-likeness (QED) is 0.851. The van der Waals surface area contributed by atoms with Crippen LogP contribution in [-0.2, 0) is 6.42 Å². The molecule has 0 bridgehead atoms. The molecule has 4 heteroatoms. The third-order valence-corrected chi connectivity index (χ3v) is 2.10. The predicted molar refractivity (Wildman–Crippen MR) is 51.1 cm³/mol.